The second-order valence-electron chi connectivity index (χ2n) is 6.00. The Balaban J connectivity index is 2.44. The van der Waals surface area contributed by atoms with Crippen LogP contribution in [-0.2, 0) is 0 Å². The zero-order valence-electron chi connectivity index (χ0n) is 11.2. The van der Waals surface area contributed by atoms with E-state index >= 15 is 0 Å². The van der Waals surface area contributed by atoms with E-state index in [9.17, 15) is 0 Å². The number of allylic oxidation sites excluding steroid dienone is 2. The minimum atomic E-state index is -0.976. The first-order valence-corrected chi connectivity index (χ1v) is 10.3. The van der Waals surface area contributed by atoms with Crippen molar-refractivity contribution in [1.82, 2.24) is 0 Å². The van der Waals surface area contributed by atoms with E-state index in [0.29, 0.717) is 0 Å². The van der Waals surface area contributed by atoms with Gasteiger partial charge in [0, 0.05) is 0 Å². The summed E-state index contributed by atoms with van der Waals surface area (Å²) in [5.74, 6) is 0. The van der Waals surface area contributed by atoms with E-state index in [1.165, 1.54) is 51.4 Å². The van der Waals surface area contributed by atoms with E-state index in [4.69, 9.17) is 0 Å². The fourth-order valence-electron chi connectivity index (χ4n) is 2.75. The topological polar surface area (TPSA) is 0 Å². The average molecular weight is 224 g/mol. The largest absolute Gasteiger partial charge is 0.0818 e. The Hall–Kier alpha value is -0.0431. The maximum Gasteiger partial charge on any atom is 0.0723 e. The van der Waals surface area contributed by atoms with Crippen LogP contribution in [0.3, 0.4) is 0 Å². The molecule has 0 unspecified atom stereocenters. The summed E-state index contributed by atoms with van der Waals surface area (Å²) in [6.45, 7) is 9.83. The van der Waals surface area contributed by atoms with Crippen LogP contribution in [0.25, 0.3) is 0 Å². The van der Waals surface area contributed by atoms with Gasteiger partial charge in [-0.05, 0) is 32.1 Å². The van der Waals surface area contributed by atoms with E-state index in [1.807, 2.05) is 10.8 Å². The molecular formula is C14H28Si. The zero-order valence-corrected chi connectivity index (χ0v) is 12.2. The van der Waals surface area contributed by atoms with Crippen molar-refractivity contribution in [3.8, 4) is 0 Å². The predicted octanol–water partition coefficient (Wildman–Crippen LogP) is 5.31. The highest BCUT2D eigenvalue weighted by Gasteiger charge is 2.25. The molecular weight excluding hydrogens is 196 g/mol. The van der Waals surface area contributed by atoms with E-state index in [-0.39, 0.29) is 0 Å². The van der Waals surface area contributed by atoms with Gasteiger partial charge in [0.25, 0.3) is 0 Å². The van der Waals surface area contributed by atoms with Gasteiger partial charge in [-0.25, -0.2) is 0 Å². The fourth-order valence-corrected chi connectivity index (χ4v) is 4.99. The van der Waals surface area contributed by atoms with E-state index in [1.54, 1.807) is 0 Å². The van der Waals surface area contributed by atoms with Gasteiger partial charge < -0.3 is 0 Å². The van der Waals surface area contributed by atoms with Gasteiger partial charge in [-0.2, -0.15) is 0 Å². The fraction of sp³-hybridized carbons (Fsp3) is 0.857. The molecule has 0 heterocycles. The van der Waals surface area contributed by atoms with Crippen LogP contribution < -0.4 is 0 Å². The van der Waals surface area contributed by atoms with Gasteiger partial charge in [0.1, 0.15) is 0 Å². The smallest absolute Gasteiger partial charge is 0.0723 e. The van der Waals surface area contributed by atoms with Crippen molar-refractivity contribution in [2.75, 3.05) is 0 Å². The van der Waals surface area contributed by atoms with Gasteiger partial charge in [-0.1, -0.05) is 56.6 Å². The summed E-state index contributed by atoms with van der Waals surface area (Å²) in [5, 5.41) is 1.92. The summed E-state index contributed by atoms with van der Waals surface area (Å²) in [6.07, 6.45) is 11.4. The van der Waals surface area contributed by atoms with Gasteiger partial charge in [-0.3, -0.25) is 0 Å². The van der Waals surface area contributed by atoms with Crippen molar-refractivity contribution in [3.05, 3.63) is 10.8 Å². The highest BCUT2D eigenvalue weighted by atomic mass is 28.3. The molecule has 15 heavy (non-hydrogen) atoms. The molecule has 1 aliphatic rings. The van der Waals surface area contributed by atoms with Crippen molar-refractivity contribution in [1.29, 1.82) is 0 Å². The molecule has 0 aromatic rings. The van der Waals surface area contributed by atoms with E-state index in [2.05, 4.69) is 26.6 Å². The first-order chi connectivity index (χ1) is 7.05. The van der Waals surface area contributed by atoms with Gasteiger partial charge in [0.2, 0.25) is 0 Å². The summed E-state index contributed by atoms with van der Waals surface area (Å²) in [7, 11) is -0.976. The van der Waals surface area contributed by atoms with Crippen LogP contribution in [0, 0.1) is 0 Å². The molecule has 1 aliphatic carbocycles. The second kappa shape index (κ2) is 5.88. The molecule has 0 N–H and O–H groups in total. The van der Waals surface area contributed by atoms with Crippen LogP contribution in [0.2, 0.25) is 19.6 Å². The standard InChI is InChI=1S/C14H28Si/c1-5-6-7-8-10-13-11-9-12-14(13)15(2,3)4/h5-12H2,1-4H3. The molecule has 0 fully saturated rings. The van der Waals surface area contributed by atoms with Gasteiger partial charge in [0.05, 0.1) is 8.07 Å². The Kier molecular flexibility index (Phi) is 5.11. The van der Waals surface area contributed by atoms with Gasteiger partial charge in [0.15, 0.2) is 0 Å². The monoisotopic (exact) mass is 224 g/mol. The third-order valence-electron chi connectivity index (χ3n) is 3.57. The molecule has 88 valence electrons. The van der Waals surface area contributed by atoms with E-state index < -0.39 is 8.07 Å². The first kappa shape index (κ1) is 13.0. The molecule has 0 aliphatic heterocycles. The van der Waals surface area contributed by atoms with Crippen molar-refractivity contribution in [3.63, 3.8) is 0 Å². The normalized spacial score (nSPS) is 17.6. The molecule has 0 atom stereocenters. The number of rotatable bonds is 6. The molecule has 1 heteroatoms. The summed E-state index contributed by atoms with van der Waals surface area (Å²) in [6, 6.07) is 0. The molecule has 1 rings (SSSR count). The zero-order chi connectivity index (χ0) is 11.3. The quantitative estimate of drug-likeness (QED) is 0.423. The van der Waals surface area contributed by atoms with Crippen LogP contribution in [0.1, 0.15) is 58.3 Å². The maximum atomic E-state index is 2.51. The highest BCUT2D eigenvalue weighted by Crippen LogP contribution is 2.35. The highest BCUT2D eigenvalue weighted by molar-refractivity contribution is 6.83. The van der Waals surface area contributed by atoms with Crippen LogP contribution in [0.5, 0.6) is 0 Å². The van der Waals surface area contributed by atoms with Crippen molar-refractivity contribution < 1.29 is 0 Å². The molecule has 0 spiro atoms. The Bertz CT molecular complexity index is 220. The van der Waals surface area contributed by atoms with Crippen LogP contribution in [0.15, 0.2) is 10.8 Å². The lowest BCUT2D eigenvalue weighted by atomic mass is 10.1. The van der Waals surface area contributed by atoms with E-state index in [0.717, 1.165) is 0 Å². The molecule has 0 aromatic carbocycles. The van der Waals surface area contributed by atoms with Crippen LogP contribution in [0.4, 0.5) is 0 Å². The average Bonchev–Trinajstić information content (AvgIpc) is 2.59. The lowest BCUT2D eigenvalue weighted by Crippen LogP contribution is -2.23. The van der Waals surface area contributed by atoms with Crippen molar-refractivity contribution in [2.45, 2.75) is 77.9 Å². The lowest BCUT2D eigenvalue weighted by Gasteiger charge is -2.20. The minimum Gasteiger partial charge on any atom is -0.0818 e. The second-order valence-corrected chi connectivity index (χ2v) is 11.1. The molecule has 0 nitrogen and oxygen atoms in total. The summed E-state index contributed by atoms with van der Waals surface area (Å²) in [5.41, 5.74) is 1.87. The number of hydrogen-bond acceptors (Lipinski definition) is 0. The Morgan fingerprint density at radius 3 is 2.33 bits per heavy atom. The maximum absolute atomic E-state index is 2.51. The van der Waals surface area contributed by atoms with Gasteiger partial charge >= 0.3 is 0 Å². The van der Waals surface area contributed by atoms with Crippen LogP contribution >= 0.6 is 0 Å². The van der Waals surface area contributed by atoms with Gasteiger partial charge in [-0.15, -0.1) is 0 Å². The Morgan fingerprint density at radius 2 is 1.73 bits per heavy atom. The molecule has 0 radical (unpaired) electrons. The SMILES string of the molecule is CCCCCCC1=C([Si](C)(C)C)CCC1. The van der Waals surface area contributed by atoms with Crippen molar-refractivity contribution in [2.24, 2.45) is 0 Å². The number of unbranched alkanes of at least 4 members (excludes halogenated alkanes) is 3. The molecule has 0 bridgehead atoms. The summed E-state index contributed by atoms with van der Waals surface area (Å²) >= 11 is 0. The molecule has 0 saturated carbocycles. The van der Waals surface area contributed by atoms with Crippen LogP contribution in [-0.4, -0.2) is 8.07 Å². The van der Waals surface area contributed by atoms with Crippen molar-refractivity contribution >= 4 is 8.07 Å². The third-order valence-corrected chi connectivity index (χ3v) is 5.98. The summed E-state index contributed by atoms with van der Waals surface area (Å²) < 4.78 is 0. The first-order valence-electron chi connectivity index (χ1n) is 6.77. The predicted molar refractivity (Wildman–Crippen MR) is 73.0 cm³/mol. The molecule has 0 aromatic heterocycles. The Morgan fingerprint density at radius 1 is 1.00 bits per heavy atom. The Labute approximate surface area is 97.2 Å². The molecule has 0 amide bonds. The third kappa shape index (κ3) is 4.14. The minimum absolute atomic E-state index is 0.976. The molecule has 0 saturated heterocycles. The number of hydrogen-bond donors (Lipinski definition) is 0. The summed E-state index contributed by atoms with van der Waals surface area (Å²) in [4.78, 5) is 0. The lowest BCUT2D eigenvalue weighted by molar-refractivity contribution is 0.657.